The Hall–Kier alpha value is -2.67. The number of hydrogen-bond acceptors (Lipinski definition) is 1. The van der Waals surface area contributed by atoms with Crippen molar-refractivity contribution in [2.45, 2.75) is 64.2 Å². The summed E-state index contributed by atoms with van der Waals surface area (Å²) in [6.07, 6.45) is 13.5. The predicted molar refractivity (Wildman–Crippen MR) is 130 cm³/mol. The SMILES string of the molecule is C/C=C/CCC1CCC2CC(c3ccc(C#Cc4ccc(OC)cc4F)c(F)c3F)CCC2C1. The Bertz CT molecular complexity index is 1090. The fourth-order valence-corrected chi connectivity index (χ4v) is 5.86. The Kier molecular flexibility index (Phi) is 8.03. The lowest BCUT2D eigenvalue weighted by Crippen LogP contribution is -2.30. The third-order valence-corrected chi connectivity index (χ3v) is 7.76. The van der Waals surface area contributed by atoms with E-state index in [1.165, 1.54) is 51.0 Å². The average Bonchev–Trinajstić information content (AvgIpc) is 2.85. The number of rotatable bonds is 5. The standard InChI is InChI=1S/C30H33F3O/c1-3-4-5-6-20-7-8-24-18-25(12-11-23(24)17-20)27-16-14-22(29(32)30(27)33)10-9-21-13-15-26(34-2)19-28(21)31/h3-4,13-16,19-20,23-25H,5-8,11-12,17-18H2,1-2H3/b4-3+. The van der Waals surface area contributed by atoms with E-state index in [0.717, 1.165) is 37.5 Å². The van der Waals surface area contributed by atoms with Gasteiger partial charge < -0.3 is 4.74 Å². The number of fused-ring (bicyclic) bond motifs is 1. The Morgan fingerprint density at radius 2 is 1.65 bits per heavy atom. The first-order chi connectivity index (χ1) is 16.5. The van der Waals surface area contributed by atoms with E-state index in [1.54, 1.807) is 12.1 Å². The molecule has 180 valence electrons. The van der Waals surface area contributed by atoms with Gasteiger partial charge in [-0.15, -0.1) is 0 Å². The Morgan fingerprint density at radius 3 is 2.41 bits per heavy atom. The molecule has 2 aromatic carbocycles. The van der Waals surface area contributed by atoms with Gasteiger partial charge in [0.15, 0.2) is 11.6 Å². The van der Waals surface area contributed by atoms with Gasteiger partial charge in [-0.1, -0.05) is 36.5 Å². The number of ether oxygens (including phenoxy) is 1. The molecule has 2 fully saturated rings. The highest BCUT2D eigenvalue weighted by Gasteiger charge is 2.36. The van der Waals surface area contributed by atoms with Crippen LogP contribution in [0.15, 0.2) is 42.5 Å². The maximum absolute atomic E-state index is 15.1. The third kappa shape index (κ3) is 5.52. The van der Waals surface area contributed by atoms with Crippen molar-refractivity contribution < 1.29 is 17.9 Å². The number of hydrogen-bond donors (Lipinski definition) is 0. The van der Waals surface area contributed by atoms with Gasteiger partial charge >= 0.3 is 0 Å². The van der Waals surface area contributed by atoms with Crippen LogP contribution in [-0.2, 0) is 0 Å². The van der Waals surface area contributed by atoms with E-state index in [-0.39, 0.29) is 17.0 Å². The minimum Gasteiger partial charge on any atom is -0.497 e. The number of benzene rings is 2. The molecule has 4 unspecified atom stereocenters. The molecule has 0 radical (unpaired) electrons. The zero-order chi connectivity index (χ0) is 24.1. The summed E-state index contributed by atoms with van der Waals surface area (Å²) in [6.45, 7) is 2.07. The maximum Gasteiger partial charge on any atom is 0.174 e. The summed E-state index contributed by atoms with van der Waals surface area (Å²) < 4.78 is 49.0. The topological polar surface area (TPSA) is 9.23 Å². The molecule has 0 saturated heterocycles. The average molecular weight is 467 g/mol. The summed E-state index contributed by atoms with van der Waals surface area (Å²) in [6, 6.07) is 7.49. The zero-order valence-electron chi connectivity index (χ0n) is 20.0. The first kappa shape index (κ1) is 24.5. The molecule has 0 aliphatic heterocycles. The highest BCUT2D eigenvalue weighted by Crippen LogP contribution is 2.48. The molecule has 4 rings (SSSR count). The summed E-state index contributed by atoms with van der Waals surface area (Å²) in [5.74, 6) is 5.48. The fourth-order valence-electron chi connectivity index (χ4n) is 5.86. The zero-order valence-corrected chi connectivity index (χ0v) is 20.0. The molecule has 2 saturated carbocycles. The molecular formula is C30H33F3O. The van der Waals surface area contributed by atoms with Crippen LogP contribution >= 0.6 is 0 Å². The lowest BCUT2D eigenvalue weighted by molar-refractivity contribution is 0.114. The third-order valence-electron chi connectivity index (χ3n) is 7.76. The van der Waals surface area contributed by atoms with E-state index < -0.39 is 17.5 Å². The molecule has 0 N–H and O–H groups in total. The van der Waals surface area contributed by atoms with Crippen LogP contribution in [0.3, 0.4) is 0 Å². The van der Waals surface area contributed by atoms with Crippen molar-refractivity contribution in [2.75, 3.05) is 7.11 Å². The second-order valence-electron chi connectivity index (χ2n) is 9.78. The van der Waals surface area contributed by atoms with Crippen molar-refractivity contribution in [1.29, 1.82) is 0 Å². The number of allylic oxidation sites excluding steroid dienone is 2. The lowest BCUT2D eigenvalue weighted by atomic mass is 9.63. The lowest BCUT2D eigenvalue weighted by Gasteiger charge is -2.42. The van der Waals surface area contributed by atoms with Gasteiger partial charge in [-0.3, -0.25) is 0 Å². The van der Waals surface area contributed by atoms with E-state index >= 15 is 4.39 Å². The summed E-state index contributed by atoms with van der Waals surface area (Å²) in [7, 11) is 1.45. The van der Waals surface area contributed by atoms with Crippen LogP contribution in [0.5, 0.6) is 5.75 Å². The van der Waals surface area contributed by atoms with E-state index in [1.807, 2.05) is 0 Å². The molecule has 2 aliphatic carbocycles. The molecule has 34 heavy (non-hydrogen) atoms. The second kappa shape index (κ2) is 11.2. The van der Waals surface area contributed by atoms with Crippen molar-refractivity contribution in [3.8, 4) is 17.6 Å². The second-order valence-corrected chi connectivity index (χ2v) is 9.78. The van der Waals surface area contributed by atoms with Crippen molar-refractivity contribution in [2.24, 2.45) is 17.8 Å². The highest BCUT2D eigenvalue weighted by molar-refractivity contribution is 5.47. The quantitative estimate of drug-likeness (QED) is 0.319. The van der Waals surface area contributed by atoms with Crippen molar-refractivity contribution in [3.05, 3.63) is 76.6 Å². The minimum absolute atomic E-state index is 0.0493. The maximum atomic E-state index is 15.1. The van der Waals surface area contributed by atoms with E-state index in [9.17, 15) is 8.78 Å². The fraction of sp³-hybridized carbons (Fsp3) is 0.467. The van der Waals surface area contributed by atoms with Gasteiger partial charge in [-0.2, -0.15) is 0 Å². The Balaban J connectivity index is 1.43. The first-order valence-corrected chi connectivity index (χ1v) is 12.4. The van der Waals surface area contributed by atoms with Crippen LogP contribution in [0, 0.1) is 47.0 Å². The molecule has 1 nitrogen and oxygen atoms in total. The van der Waals surface area contributed by atoms with Crippen LogP contribution in [-0.4, -0.2) is 7.11 Å². The van der Waals surface area contributed by atoms with Gasteiger partial charge in [0.2, 0.25) is 0 Å². The van der Waals surface area contributed by atoms with Crippen molar-refractivity contribution in [1.82, 2.24) is 0 Å². The molecule has 0 aromatic heterocycles. The molecule has 2 aromatic rings. The molecule has 0 amide bonds. The van der Waals surface area contributed by atoms with Crippen LogP contribution in [0.4, 0.5) is 13.2 Å². The highest BCUT2D eigenvalue weighted by atomic mass is 19.2. The van der Waals surface area contributed by atoms with Gasteiger partial charge in [0.25, 0.3) is 0 Å². The number of halogens is 3. The van der Waals surface area contributed by atoms with Gasteiger partial charge in [-0.05, 0) is 99.3 Å². The summed E-state index contributed by atoms with van der Waals surface area (Å²) >= 11 is 0. The largest absolute Gasteiger partial charge is 0.497 e. The minimum atomic E-state index is -0.936. The van der Waals surface area contributed by atoms with Crippen molar-refractivity contribution >= 4 is 0 Å². The van der Waals surface area contributed by atoms with Gasteiger partial charge in [0, 0.05) is 6.07 Å². The molecule has 4 heteroatoms. The molecule has 4 atom stereocenters. The first-order valence-electron chi connectivity index (χ1n) is 12.4. The van der Waals surface area contributed by atoms with E-state index in [4.69, 9.17) is 4.74 Å². The van der Waals surface area contributed by atoms with Gasteiger partial charge in [-0.25, -0.2) is 13.2 Å². The molecule has 0 spiro atoms. The van der Waals surface area contributed by atoms with Crippen LogP contribution in [0.25, 0.3) is 0 Å². The molecule has 0 heterocycles. The molecule has 2 aliphatic rings. The summed E-state index contributed by atoms with van der Waals surface area (Å²) in [4.78, 5) is 0. The Morgan fingerprint density at radius 1 is 0.912 bits per heavy atom. The van der Waals surface area contributed by atoms with Gasteiger partial charge in [0.05, 0.1) is 18.2 Å². The smallest absolute Gasteiger partial charge is 0.174 e. The normalized spacial score (nSPS) is 24.4. The van der Waals surface area contributed by atoms with Crippen LogP contribution in [0.1, 0.15) is 80.9 Å². The van der Waals surface area contributed by atoms with Gasteiger partial charge in [0.1, 0.15) is 11.6 Å². The molecular weight excluding hydrogens is 433 g/mol. The Labute approximate surface area is 201 Å². The van der Waals surface area contributed by atoms with E-state index in [0.29, 0.717) is 17.2 Å². The van der Waals surface area contributed by atoms with Crippen molar-refractivity contribution in [3.63, 3.8) is 0 Å². The summed E-state index contributed by atoms with van der Waals surface area (Å²) in [5.41, 5.74) is 0.531. The summed E-state index contributed by atoms with van der Waals surface area (Å²) in [5, 5.41) is 0. The monoisotopic (exact) mass is 466 g/mol. The molecule has 0 bridgehead atoms. The predicted octanol–water partition coefficient (Wildman–Crippen LogP) is 8.17. The van der Waals surface area contributed by atoms with Crippen LogP contribution < -0.4 is 4.74 Å². The number of methoxy groups -OCH3 is 1. The van der Waals surface area contributed by atoms with Crippen LogP contribution in [0.2, 0.25) is 0 Å². The van der Waals surface area contributed by atoms with E-state index in [2.05, 4.69) is 30.9 Å².